The van der Waals surface area contributed by atoms with E-state index >= 15 is 0 Å². The largest absolute Gasteiger partial charge is 0.416 e. The summed E-state index contributed by atoms with van der Waals surface area (Å²) in [6.45, 7) is 1.99. The molecule has 1 saturated heterocycles. The Morgan fingerprint density at radius 3 is 2.48 bits per heavy atom. The number of thiophene rings is 1. The minimum absolute atomic E-state index is 0.0593. The lowest BCUT2D eigenvalue weighted by molar-refractivity contribution is -0.137. The first-order valence-corrected chi connectivity index (χ1v) is 11.5. The van der Waals surface area contributed by atoms with Crippen molar-refractivity contribution in [1.82, 2.24) is 5.32 Å². The van der Waals surface area contributed by atoms with E-state index in [0.29, 0.717) is 32.0 Å². The van der Waals surface area contributed by atoms with Gasteiger partial charge < -0.3 is 15.0 Å². The molecule has 0 bridgehead atoms. The molecule has 0 radical (unpaired) electrons. The van der Waals surface area contributed by atoms with E-state index in [1.165, 1.54) is 6.07 Å². The summed E-state index contributed by atoms with van der Waals surface area (Å²) in [4.78, 5) is 15.8. The molecule has 3 aromatic rings. The zero-order valence-electron chi connectivity index (χ0n) is 17.8. The van der Waals surface area contributed by atoms with Crippen molar-refractivity contribution in [2.24, 2.45) is 0 Å². The van der Waals surface area contributed by atoms with Crippen LogP contribution in [0.15, 0.2) is 66.0 Å². The zero-order valence-corrected chi connectivity index (χ0v) is 18.6. The van der Waals surface area contributed by atoms with Crippen molar-refractivity contribution in [3.05, 3.63) is 82.0 Å². The van der Waals surface area contributed by atoms with Gasteiger partial charge in [0.25, 0.3) is 0 Å². The highest BCUT2D eigenvalue weighted by atomic mass is 32.1. The Morgan fingerprint density at radius 2 is 1.82 bits per heavy atom. The van der Waals surface area contributed by atoms with Gasteiger partial charge in [-0.3, -0.25) is 10.1 Å². The van der Waals surface area contributed by atoms with E-state index in [1.807, 2.05) is 52.7 Å². The molecule has 4 rings (SSSR count). The lowest BCUT2D eigenvalue weighted by Gasteiger charge is -2.31. The molecule has 1 unspecified atom stereocenters. The number of hydrogen-bond donors (Lipinski definition) is 2. The van der Waals surface area contributed by atoms with Crippen molar-refractivity contribution >= 4 is 28.6 Å². The van der Waals surface area contributed by atoms with E-state index < -0.39 is 17.6 Å². The van der Waals surface area contributed by atoms with Gasteiger partial charge in [0.1, 0.15) is 0 Å². The Balaban J connectivity index is 1.52. The van der Waals surface area contributed by atoms with Gasteiger partial charge in [0.15, 0.2) is 0 Å². The monoisotopic (exact) mass is 475 g/mol. The van der Waals surface area contributed by atoms with Crippen LogP contribution >= 0.6 is 11.3 Å². The van der Waals surface area contributed by atoms with Crippen LogP contribution < -0.4 is 15.5 Å². The molecular weight excluding hydrogens is 451 g/mol. The number of nitrogens with zero attached hydrogens (tertiary/aromatic N) is 1. The summed E-state index contributed by atoms with van der Waals surface area (Å²) >= 11 is 1.57. The third-order valence-electron chi connectivity index (χ3n) is 5.38. The van der Waals surface area contributed by atoms with Gasteiger partial charge >= 0.3 is 6.18 Å². The van der Waals surface area contributed by atoms with Gasteiger partial charge in [-0.05, 0) is 35.2 Å². The SMILES string of the molecule is O=C(CNC(c1ccccc1)c1cccs1)Nc1cc(C(F)(F)F)ccc1N1CCOCC1. The van der Waals surface area contributed by atoms with Gasteiger partial charge in [-0.15, -0.1) is 11.3 Å². The molecule has 2 N–H and O–H groups in total. The van der Waals surface area contributed by atoms with E-state index in [1.54, 1.807) is 11.3 Å². The van der Waals surface area contributed by atoms with Gasteiger partial charge in [-0.2, -0.15) is 13.2 Å². The average Bonchev–Trinajstić information content (AvgIpc) is 3.34. The molecule has 2 aromatic carbocycles. The topological polar surface area (TPSA) is 53.6 Å². The highest BCUT2D eigenvalue weighted by Gasteiger charge is 2.32. The number of halogens is 3. The van der Waals surface area contributed by atoms with E-state index in [-0.39, 0.29) is 18.3 Å². The molecule has 1 aromatic heterocycles. The average molecular weight is 476 g/mol. The first-order chi connectivity index (χ1) is 15.9. The minimum atomic E-state index is -4.50. The summed E-state index contributed by atoms with van der Waals surface area (Å²) in [7, 11) is 0. The Labute approximate surface area is 194 Å². The molecular formula is C24H24F3N3O2S. The number of hydrogen-bond acceptors (Lipinski definition) is 5. The maximum Gasteiger partial charge on any atom is 0.416 e. The molecule has 9 heteroatoms. The van der Waals surface area contributed by atoms with Gasteiger partial charge in [-0.25, -0.2) is 0 Å². The van der Waals surface area contributed by atoms with Crippen molar-refractivity contribution in [3.8, 4) is 0 Å². The molecule has 5 nitrogen and oxygen atoms in total. The van der Waals surface area contributed by atoms with Crippen LogP contribution in [0.1, 0.15) is 22.0 Å². The number of ether oxygens (including phenoxy) is 1. The molecule has 0 aliphatic carbocycles. The second-order valence-corrected chi connectivity index (χ2v) is 8.60. The molecule has 1 fully saturated rings. The van der Waals surface area contributed by atoms with E-state index in [4.69, 9.17) is 4.74 Å². The summed E-state index contributed by atoms with van der Waals surface area (Å²) in [5.74, 6) is -0.415. The number of alkyl halides is 3. The fourth-order valence-corrected chi connectivity index (χ4v) is 4.59. The lowest BCUT2D eigenvalue weighted by atomic mass is 10.1. The fourth-order valence-electron chi connectivity index (χ4n) is 3.77. The second-order valence-electron chi connectivity index (χ2n) is 7.62. The normalized spacial score (nSPS) is 15.3. The van der Waals surface area contributed by atoms with Crippen LogP contribution in [0.2, 0.25) is 0 Å². The van der Waals surface area contributed by atoms with Crippen molar-refractivity contribution in [3.63, 3.8) is 0 Å². The molecule has 1 amide bonds. The Morgan fingerprint density at radius 1 is 1.06 bits per heavy atom. The van der Waals surface area contributed by atoms with E-state index in [0.717, 1.165) is 22.6 Å². The maximum absolute atomic E-state index is 13.3. The summed E-state index contributed by atoms with van der Waals surface area (Å²) < 4.78 is 45.3. The molecule has 174 valence electrons. The third-order valence-corrected chi connectivity index (χ3v) is 6.31. The summed E-state index contributed by atoms with van der Waals surface area (Å²) in [6.07, 6.45) is -4.50. The Kier molecular flexibility index (Phi) is 7.32. The lowest BCUT2D eigenvalue weighted by Crippen LogP contribution is -2.37. The van der Waals surface area contributed by atoms with Crippen LogP contribution in [0.25, 0.3) is 0 Å². The van der Waals surface area contributed by atoms with Crippen molar-refractivity contribution < 1.29 is 22.7 Å². The number of carbonyl (C=O) groups is 1. The summed E-state index contributed by atoms with van der Waals surface area (Å²) in [6, 6.07) is 16.9. The minimum Gasteiger partial charge on any atom is -0.378 e. The first-order valence-electron chi connectivity index (χ1n) is 10.6. The van der Waals surface area contributed by atoms with Crippen molar-refractivity contribution in [2.75, 3.05) is 43.1 Å². The molecule has 1 aliphatic heterocycles. The molecule has 0 saturated carbocycles. The molecule has 2 heterocycles. The predicted octanol–water partition coefficient (Wildman–Crippen LogP) is 4.92. The van der Waals surface area contributed by atoms with Crippen molar-refractivity contribution in [2.45, 2.75) is 12.2 Å². The third kappa shape index (κ3) is 5.93. The summed E-state index contributed by atoms with van der Waals surface area (Å²) in [5.41, 5.74) is 0.896. The molecule has 1 atom stereocenters. The van der Waals surface area contributed by atoms with E-state index in [2.05, 4.69) is 10.6 Å². The first kappa shape index (κ1) is 23.3. The highest BCUT2D eigenvalue weighted by Crippen LogP contribution is 2.36. The number of anilines is 2. The number of carbonyl (C=O) groups excluding carboxylic acids is 1. The van der Waals surface area contributed by atoms with Gasteiger partial charge in [-0.1, -0.05) is 36.4 Å². The van der Waals surface area contributed by atoms with Crippen LogP contribution in [0, 0.1) is 0 Å². The van der Waals surface area contributed by atoms with Gasteiger partial charge in [0.05, 0.1) is 42.7 Å². The molecule has 1 aliphatic rings. The predicted molar refractivity (Wildman–Crippen MR) is 124 cm³/mol. The number of benzene rings is 2. The quantitative estimate of drug-likeness (QED) is 0.509. The molecule has 0 spiro atoms. The number of nitrogens with one attached hydrogen (secondary N) is 2. The van der Waals surface area contributed by atoms with Crippen molar-refractivity contribution in [1.29, 1.82) is 0 Å². The summed E-state index contributed by atoms with van der Waals surface area (Å²) in [5, 5.41) is 7.90. The molecule has 33 heavy (non-hydrogen) atoms. The van der Waals surface area contributed by atoms with Crippen LogP contribution in [0.4, 0.5) is 24.5 Å². The number of rotatable bonds is 7. The van der Waals surface area contributed by atoms with Gasteiger partial charge in [0, 0.05) is 18.0 Å². The van der Waals surface area contributed by atoms with Crippen LogP contribution in [-0.4, -0.2) is 38.8 Å². The maximum atomic E-state index is 13.3. The number of morpholine rings is 1. The Bertz CT molecular complexity index is 1050. The highest BCUT2D eigenvalue weighted by molar-refractivity contribution is 7.10. The smallest absolute Gasteiger partial charge is 0.378 e. The standard InChI is InChI=1S/C24H24F3N3O2S/c25-24(26,27)18-8-9-20(30-10-12-32-13-11-30)19(15-18)29-22(31)16-28-23(21-7-4-14-33-21)17-5-2-1-3-6-17/h1-9,14-15,23,28H,10-13,16H2,(H,29,31). The van der Waals surface area contributed by atoms with Crippen LogP contribution in [-0.2, 0) is 15.7 Å². The Hall–Kier alpha value is -2.88. The van der Waals surface area contributed by atoms with Crippen LogP contribution in [0.3, 0.4) is 0 Å². The van der Waals surface area contributed by atoms with E-state index in [9.17, 15) is 18.0 Å². The van der Waals surface area contributed by atoms with Crippen LogP contribution in [0.5, 0.6) is 0 Å². The fraction of sp³-hybridized carbons (Fsp3) is 0.292. The second kappa shape index (κ2) is 10.4. The zero-order chi connectivity index (χ0) is 23.3. The van der Waals surface area contributed by atoms with Gasteiger partial charge in [0.2, 0.25) is 5.91 Å². The number of amides is 1.